The second-order valence-corrected chi connectivity index (χ2v) is 10.8. The normalized spacial score (nSPS) is 15.3. The first-order valence-electron chi connectivity index (χ1n) is 12.6. The average Bonchev–Trinajstić information content (AvgIpc) is 3.19. The number of aromatic nitrogens is 1. The molecule has 1 aliphatic rings. The lowest BCUT2D eigenvalue weighted by molar-refractivity contribution is -0.139. The van der Waals surface area contributed by atoms with E-state index in [1.807, 2.05) is 0 Å². The van der Waals surface area contributed by atoms with Crippen LogP contribution in [0.2, 0.25) is 5.02 Å². The highest BCUT2D eigenvalue weighted by Gasteiger charge is 2.34. The summed E-state index contributed by atoms with van der Waals surface area (Å²) in [4.78, 5) is 31.8. The molecule has 0 amide bonds. The molecule has 206 valence electrons. The van der Waals surface area contributed by atoms with Crippen LogP contribution in [0.25, 0.3) is 6.08 Å². The van der Waals surface area contributed by atoms with Crippen LogP contribution in [-0.4, -0.2) is 30.9 Å². The summed E-state index contributed by atoms with van der Waals surface area (Å²) in [5.74, 6) is 0.379. The number of hydrogen-bond acceptors (Lipinski definition) is 7. The molecule has 39 heavy (non-hydrogen) atoms. The summed E-state index contributed by atoms with van der Waals surface area (Å²) < 4.78 is 33.1. The highest BCUT2D eigenvalue weighted by atomic mass is 35.5. The summed E-state index contributed by atoms with van der Waals surface area (Å²) >= 11 is 7.30. The largest absolute Gasteiger partial charge is 0.493 e. The van der Waals surface area contributed by atoms with Gasteiger partial charge in [0.05, 0.1) is 47.2 Å². The van der Waals surface area contributed by atoms with E-state index in [0.29, 0.717) is 40.1 Å². The maximum absolute atomic E-state index is 14.5. The minimum Gasteiger partial charge on any atom is -0.493 e. The predicted molar refractivity (Wildman–Crippen MR) is 150 cm³/mol. The number of benzene rings is 2. The van der Waals surface area contributed by atoms with Crippen LogP contribution in [-0.2, 0) is 9.53 Å². The Morgan fingerprint density at radius 3 is 2.69 bits per heavy atom. The Labute approximate surface area is 234 Å². The SMILES string of the molecule is CCOC(=O)C1=C(C)N=c2s/c(=C\c3c(F)cccc3Cl)c(=O)n2C1c1ccc(OCCC(C)C)c(OC)c1. The van der Waals surface area contributed by atoms with Crippen molar-refractivity contribution in [3.63, 3.8) is 0 Å². The molecule has 4 rings (SSSR count). The summed E-state index contributed by atoms with van der Waals surface area (Å²) in [5, 5.41) is 0.179. The van der Waals surface area contributed by atoms with Gasteiger partial charge < -0.3 is 14.2 Å². The van der Waals surface area contributed by atoms with E-state index in [4.69, 9.17) is 25.8 Å². The van der Waals surface area contributed by atoms with Gasteiger partial charge >= 0.3 is 5.97 Å². The molecule has 2 aromatic carbocycles. The van der Waals surface area contributed by atoms with E-state index in [1.165, 1.54) is 29.9 Å². The molecule has 3 aromatic rings. The summed E-state index contributed by atoms with van der Waals surface area (Å²) in [6, 6.07) is 8.78. The Hall–Kier alpha value is -3.43. The van der Waals surface area contributed by atoms with Crippen molar-refractivity contribution in [1.29, 1.82) is 0 Å². The van der Waals surface area contributed by atoms with Gasteiger partial charge in [0, 0.05) is 5.56 Å². The zero-order valence-electron chi connectivity index (χ0n) is 22.4. The quantitative estimate of drug-likeness (QED) is 0.336. The fourth-order valence-corrected chi connectivity index (χ4v) is 5.51. The van der Waals surface area contributed by atoms with Gasteiger partial charge in [0.25, 0.3) is 5.56 Å². The van der Waals surface area contributed by atoms with E-state index in [0.717, 1.165) is 17.8 Å². The van der Waals surface area contributed by atoms with Gasteiger partial charge in [-0.1, -0.05) is 48.9 Å². The lowest BCUT2D eigenvalue weighted by Gasteiger charge is -2.25. The summed E-state index contributed by atoms with van der Waals surface area (Å²) in [6.45, 7) is 8.32. The Morgan fingerprint density at radius 2 is 2.03 bits per heavy atom. The molecule has 0 aliphatic carbocycles. The van der Waals surface area contributed by atoms with Crippen LogP contribution in [0.5, 0.6) is 11.5 Å². The number of thiazole rings is 1. The van der Waals surface area contributed by atoms with Crippen molar-refractivity contribution in [2.24, 2.45) is 10.9 Å². The van der Waals surface area contributed by atoms with Crippen molar-refractivity contribution in [3.8, 4) is 11.5 Å². The fourth-order valence-electron chi connectivity index (χ4n) is 4.26. The number of hydrogen-bond donors (Lipinski definition) is 0. The van der Waals surface area contributed by atoms with Crippen molar-refractivity contribution in [3.05, 3.63) is 89.3 Å². The molecule has 0 radical (unpaired) electrons. The lowest BCUT2D eigenvalue weighted by Crippen LogP contribution is -2.40. The summed E-state index contributed by atoms with van der Waals surface area (Å²) in [7, 11) is 1.53. The molecule has 1 aliphatic heterocycles. The molecule has 0 fully saturated rings. The topological polar surface area (TPSA) is 79.1 Å². The monoisotopic (exact) mass is 572 g/mol. The molecule has 2 heterocycles. The number of halogens is 2. The Kier molecular flexibility index (Phi) is 8.92. The van der Waals surface area contributed by atoms with Gasteiger partial charge in [0.2, 0.25) is 0 Å². The lowest BCUT2D eigenvalue weighted by atomic mass is 9.95. The molecule has 0 N–H and O–H groups in total. The third-order valence-corrected chi connectivity index (χ3v) is 7.56. The van der Waals surface area contributed by atoms with Crippen LogP contribution >= 0.6 is 22.9 Å². The minimum absolute atomic E-state index is 0.104. The van der Waals surface area contributed by atoms with Crippen molar-refractivity contribution >= 4 is 35.0 Å². The van der Waals surface area contributed by atoms with E-state index in [1.54, 1.807) is 38.1 Å². The van der Waals surface area contributed by atoms with Gasteiger partial charge in [-0.25, -0.2) is 14.2 Å². The van der Waals surface area contributed by atoms with Gasteiger partial charge in [-0.05, 0) is 62.1 Å². The first-order chi connectivity index (χ1) is 18.7. The van der Waals surface area contributed by atoms with Crippen LogP contribution in [0.3, 0.4) is 0 Å². The molecule has 1 unspecified atom stereocenters. The summed E-state index contributed by atoms with van der Waals surface area (Å²) in [6.07, 6.45) is 2.29. The van der Waals surface area contributed by atoms with Gasteiger partial charge in [-0.2, -0.15) is 0 Å². The highest BCUT2D eigenvalue weighted by molar-refractivity contribution is 7.07. The van der Waals surface area contributed by atoms with Crippen LogP contribution in [0, 0.1) is 11.7 Å². The molecule has 1 aromatic heterocycles. The predicted octanol–water partition coefficient (Wildman–Crippen LogP) is 5.02. The molecule has 1 atom stereocenters. The Bertz CT molecular complexity index is 1590. The molecule has 0 saturated carbocycles. The maximum atomic E-state index is 14.5. The first kappa shape index (κ1) is 28.6. The maximum Gasteiger partial charge on any atom is 0.338 e. The Balaban J connectivity index is 1.90. The number of allylic oxidation sites excluding steroid dienone is 1. The van der Waals surface area contributed by atoms with Crippen molar-refractivity contribution in [2.45, 2.75) is 40.2 Å². The third-order valence-electron chi connectivity index (χ3n) is 6.25. The number of fused-ring (bicyclic) bond motifs is 1. The number of ether oxygens (including phenoxy) is 3. The average molecular weight is 573 g/mol. The minimum atomic E-state index is -0.850. The van der Waals surface area contributed by atoms with E-state index in [-0.39, 0.29) is 27.3 Å². The van der Waals surface area contributed by atoms with Gasteiger partial charge in [-0.15, -0.1) is 0 Å². The van der Waals surface area contributed by atoms with Crippen LogP contribution < -0.4 is 24.4 Å². The van der Waals surface area contributed by atoms with Gasteiger partial charge in [0.15, 0.2) is 16.3 Å². The number of carbonyl (C=O) groups excluding carboxylic acids is 1. The van der Waals surface area contributed by atoms with Crippen LogP contribution in [0.4, 0.5) is 4.39 Å². The second-order valence-electron chi connectivity index (χ2n) is 9.38. The van der Waals surface area contributed by atoms with E-state index < -0.39 is 23.4 Å². The number of rotatable bonds is 9. The molecule has 10 heteroatoms. The van der Waals surface area contributed by atoms with E-state index >= 15 is 0 Å². The highest BCUT2D eigenvalue weighted by Crippen LogP contribution is 2.36. The van der Waals surface area contributed by atoms with E-state index in [9.17, 15) is 14.0 Å². The molecule has 0 saturated heterocycles. The van der Waals surface area contributed by atoms with E-state index in [2.05, 4.69) is 18.8 Å². The fraction of sp³-hybridized carbons (Fsp3) is 0.345. The van der Waals surface area contributed by atoms with Gasteiger partial charge in [0.1, 0.15) is 5.82 Å². The molecule has 0 spiro atoms. The first-order valence-corrected chi connectivity index (χ1v) is 13.8. The zero-order chi connectivity index (χ0) is 28.3. The molecule has 0 bridgehead atoms. The smallest absolute Gasteiger partial charge is 0.338 e. The van der Waals surface area contributed by atoms with Crippen molar-refractivity contribution in [1.82, 2.24) is 4.57 Å². The number of carbonyl (C=O) groups is 1. The standard InChI is InChI=1S/C29H30ClFN2O5S/c1-6-37-28(35)25-17(4)32-29-33(27(34)24(39-29)15-19-20(30)8-7-9-21(19)31)26(25)18-10-11-22(23(14-18)36-5)38-13-12-16(2)3/h7-11,14-16,26H,6,12-13H2,1-5H3/b24-15-. The molecular weight excluding hydrogens is 543 g/mol. The van der Waals surface area contributed by atoms with Crippen molar-refractivity contribution < 1.29 is 23.4 Å². The number of methoxy groups -OCH3 is 1. The third kappa shape index (κ3) is 5.94. The van der Waals surface area contributed by atoms with Gasteiger partial charge in [-0.3, -0.25) is 9.36 Å². The number of nitrogens with zero attached hydrogens (tertiary/aromatic N) is 2. The van der Waals surface area contributed by atoms with Crippen LogP contribution in [0.15, 0.2) is 57.5 Å². The molecule has 7 nitrogen and oxygen atoms in total. The second kappa shape index (κ2) is 12.2. The number of esters is 1. The Morgan fingerprint density at radius 1 is 1.26 bits per heavy atom. The zero-order valence-corrected chi connectivity index (χ0v) is 24.0. The molecular formula is C29H30ClFN2O5S. The summed E-state index contributed by atoms with van der Waals surface area (Å²) in [5.41, 5.74) is 0.930. The van der Waals surface area contributed by atoms with Crippen molar-refractivity contribution in [2.75, 3.05) is 20.3 Å². The van der Waals surface area contributed by atoms with Crippen LogP contribution in [0.1, 0.15) is 51.3 Å².